The van der Waals surface area contributed by atoms with Crippen LogP contribution in [0.15, 0.2) is 12.1 Å². The summed E-state index contributed by atoms with van der Waals surface area (Å²) in [6, 6.07) is 3.72. The third kappa shape index (κ3) is 3.09. The van der Waals surface area contributed by atoms with Crippen molar-refractivity contribution in [3.05, 3.63) is 22.7 Å². The van der Waals surface area contributed by atoms with Crippen molar-refractivity contribution in [2.75, 3.05) is 33.0 Å². The van der Waals surface area contributed by atoms with Gasteiger partial charge in [-0.25, -0.2) is 0 Å². The largest absolute Gasteiger partial charge is 0.486 e. The highest BCUT2D eigenvalue weighted by molar-refractivity contribution is 6.32. The van der Waals surface area contributed by atoms with Crippen LogP contribution in [0.1, 0.15) is 12.5 Å². The van der Waals surface area contributed by atoms with Gasteiger partial charge in [-0.3, -0.25) is 4.79 Å². The Balaban J connectivity index is 1.75. The molecule has 0 N–H and O–H groups in total. The van der Waals surface area contributed by atoms with E-state index in [2.05, 4.69) is 0 Å². The molecule has 0 aliphatic carbocycles. The topological polar surface area (TPSA) is 48.0 Å². The Morgan fingerprint density at radius 3 is 2.95 bits per heavy atom. The molecule has 1 fully saturated rings. The van der Waals surface area contributed by atoms with E-state index < -0.39 is 0 Å². The van der Waals surface area contributed by atoms with E-state index in [4.69, 9.17) is 25.8 Å². The maximum Gasteiger partial charge on any atom is 0.227 e. The Kier molecular flexibility index (Phi) is 4.22. The molecular weight excluding hydrogens is 294 g/mol. The van der Waals surface area contributed by atoms with Gasteiger partial charge in [-0.05, 0) is 24.6 Å². The Bertz CT molecular complexity index is 549. The first kappa shape index (κ1) is 14.5. The average molecular weight is 312 g/mol. The van der Waals surface area contributed by atoms with Crippen molar-refractivity contribution in [3.8, 4) is 11.5 Å². The molecule has 0 saturated carbocycles. The second kappa shape index (κ2) is 6.12. The molecule has 1 atom stereocenters. The van der Waals surface area contributed by atoms with Crippen LogP contribution in [0.2, 0.25) is 5.02 Å². The van der Waals surface area contributed by atoms with E-state index in [0.717, 1.165) is 5.56 Å². The van der Waals surface area contributed by atoms with Crippen LogP contribution in [0.25, 0.3) is 0 Å². The highest BCUT2D eigenvalue weighted by Gasteiger charge is 2.25. The van der Waals surface area contributed by atoms with Gasteiger partial charge >= 0.3 is 0 Å². The van der Waals surface area contributed by atoms with Gasteiger partial charge in [-0.15, -0.1) is 0 Å². The van der Waals surface area contributed by atoms with Crippen LogP contribution in [-0.4, -0.2) is 49.8 Å². The number of amides is 1. The van der Waals surface area contributed by atoms with Crippen molar-refractivity contribution in [3.63, 3.8) is 0 Å². The quantitative estimate of drug-likeness (QED) is 0.837. The lowest BCUT2D eigenvalue weighted by molar-refractivity contribution is -0.138. The smallest absolute Gasteiger partial charge is 0.227 e. The molecule has 0 aromatic heterocycles. The van der Waals surface area contributed by atoms with Gasteiger partial charge in [0.1, 0.15) is 13.2 Å². The minimum atomic E-state index is 0.0820. The summed E-state index contributed by atoms with van der Waals surface area (Å²) in [4.78, 5) is 14.3. The number of rotatable bonds is 2. The van der Waals surface area contributed by atoms with Gasteiger partial charge in [0.15, 0.2) is 11.5 Å². The molecule has 1 amide bonds. The van der Waals surface area contributed by atoms with Crippen molar-refractivity contribution in [2.24, 2.45) is 0 Å². The van der Waals surface area contributed by atoms with Crippen LogP contribution in [0.3, 0.4) is 0 Å². The fourth-order valence-corrected chi connectivity index (χ4v) is 2.93. The van der Waals surface area contributed by atoms with Crippen LogP contribution in [0.5, 0.6) is 11.5 Å². The van der Waals surface area contributed by atoms with E-state index in [0.29, 0.717) is 55.9 Å². The summed E-state index contributed by atoms with van der Waals surface area (Å²) in [6.07, 6.45) is 0.306. The summed E-state index contributed by atoms with van der Waals surface area (Å²) < 4.78 is 16.4. The number of hydrogen-bond donors (Lipinski definition) is 0. The Hall–Kier alpha value is -1.46. The molecule has 3 rings (SSSR count). The predicted molar refractivity (Wildman–Crippen MR) is 78.1 cm³/mol. The van der Waals surface area contributed by atoms with Crippen LogP contribution in [0, 0.1) is 0 Å². The summed E-state index contributed by atoms with van der Waals surface area (Å²) in [5.74, 6) is 1.27. The average Bonchev–Trinajstić information content (AvgIpc) is 2.47. The SMILES string of the molecule is C[C@H]1COCCN1C(=O)Cc1cc(Cl)c2c(c1)OCCO2. The molecule has 1 aromatic carbocycles. The molecule has 2 aliphatic rings. The molecule has 0 unspecified atom stereocenters. The Labute approximate surface area is 128 Å². The van der Waals surface area contributed by atoms with Crippen molar-refractivity contribution in [1.29, 1.82) is 0 Å². The van der Waals surface area contributed by atoms with Crippen molar-refractivity contribution in [2.45, 2.75) is 19.4 Å². The molecule has 6 heteroatoms. The monoisotopic (exact) mass is 311 g/mol. The number of carbonyl (C=O) groups excluding carboxylic acids is 1. The number of nitrogens with zero attached hydrogens (tertiary/aromatic N) is 1. The molecule has 0 spiro atoms. The lowest BCUT2D eigenvalue weighted by Crippen LogP contribution is -2.47. The first-order valence-corrected chi connectivity index (χ1v) is 7.48. The van der Waals surface area contributed by atoms with Gasteiger partial charge in [0.2, 0.25) is 5.91 Å². The maximum absolute atomic E-state index is 12.4. The fraction of sp³-hybridized carbons (Fsp3) is 0.533. The fourth-order valence-electron chi connectivity index (χ4n) is 2.64. The number of hydrogen-bond acceptors (Lipinski definition) is 4. The Morgan fingerprint density at radius 2 is 2.14 bits per heavy atom. The lowest BCUT2D eigenvalue weighted by Gasteiger charge is -2.33. The van der Waals surface area contributed by atoms with Gasteiger partial charge in [-0.2, -0.15) is 0 Å². The minimum Gasteiger partial charge on any atom is -0.486 e. The van der Waals surface area contributed by atoms with Crippen LogP contribution >= 0.6 is 11.6 Å². The Morgan fingerprint density at radius 1 is 1.33 bits per heavy atom. The molecule has 2 aliphatic heterocycles. The molecule has 1 aromatic rings. The predicted octanol–water partition coefficient (Wildman–Crippen LogP) is 1.90. The number of fused-ring (bicyclic) bond motifs is 1. The summed E-state index contributed by atoms with van der Waals surface area (Å²) in [6.45, 7) is 4.81. The molecule has 21 heavy (non-hydrogen) atoms. The van der Waals surface area contributed by atoms with Gasteiger partial charge in [0.25, 0.3) is 0 Å². The second-order valence-electron chi connectivity index (χ2n) is 5.29. The zero-order valence-corrected chi connectivity index (χ0v) is 12.7. The summed E-state index contributed by atoms with van der Waals surface area (Å²) in [5, 5.41) is 0.491. The number of morpholine rings is 1. The van der Waals surface area contributed by atoms with Gasteiger partial charge in [-0.1, -0.05) is 11.6 Å². The number of carbonyl (C=O) groups is 1. The zero-order valence-electron chi connectivity index (χ0n) is 11.9. The number of ether oxygens (including phenoxy) is 3. The van der Waals surface area contributed by atoms with Gasteiger partial charge in [0, 0.05) is 6.54 Å². The van der Waals surface area contributed by atoms with E-state index in [1.54, 1.807) is 6.07 Å². The lowest BCUT2D eigenvalue weighted by atomic mass is 10.1. The molecule has 0 bridgehead atoms. The minimum absolute atomic E-state index is 0.0820. The molecule has 2 heterocycles. The highest BCUT2D eigenvalue weighted by atomic mass is 35.5. The van der Waals surface area contributed by atoms with Crippen LogP contribution in [-0.2, 0) is 16.0 Å². The van der Waals surface area contributed by atoms with Crippen LogP contribution < -0.4 is 9.47 Å². The van der Waals surface area contributed by atoms with E-state index in [1.165, 1.54) is 0 Å². The highest BCUT2D eigenvalue weighted by Crippen LogP contribution is 2.38. The van der Waals surface area contributed by atoms with E-state index in [-0.39, 0.29) is 11.9 Å². The van der Waals surface area contributed by atoms with Crippen molar-refractivity contribution in [1.82, 2.24) is 4.90 Å². The second-order valence-corrected chi connectivity index (χ2v) is 5.70. The van der Waals surface area contributed by atoms with Crippen LogP contribution in [0.4, 0.5) is 0 Å². The molecule has 114 valence electrons. The van der Waals surface area contributed by atoms with Crippen molar-refractivity contribution >= 4 is 17.5 Å². The third-order valence-corrected chi connectivity index (χ3v) is 3.98. The first-order chi connectivity index (χ1) is 10.1. The molecule has 1 saturated heterocycles. The summed E-state index contributed by atoms with van der Waals surface area (Å²) in [5.41, 5.74) is 0.841. The normalized spacial score (nSPS) is 21.2. The zero-order chi connectivity index (χ0) is 14.8. The van der Waals surface area contributed by atoms with E-state index >= 15 is 0 Å². The molecule has 0 radical (unpaired) electrons. The molecule has 5 nitrogen and oxygen atoms in total. The molecular formula is C15H18ClNO4. The summed E-state index contributed by atoms with van der Waals surface area (Å²) >= 11 is 6.20. The van der Waals surface area contributed by atoms with E-state index in [9.17, 15) is 4.79 Å². The third-order valence-electron chi connectivity index (χ3n) is 3.70. The standard InChI is InChI=1S/C15H18ClNO4/c1-10-9-19-3-2-17(10)14(18)8-11-6-12(16)15-13(7-11)20-4-5-21-15/h6-7,10H,2-5,8-9H2,1H3/t10-/m0/s1. The van der Waals surface area contributed by atoms with Gasteiger partial charge < -0.3 is 19.1 Å². The van der Waals surface area contributed by atoms with E-state index in [1.807, 2.05) is 17.9 Å². The maximum atomic E-state index is 12.4. The van der Waals surface area contributed by atoms with Crippen molar-refractivity contribution < 1.29 is 19.0 Å². The summed E-state index contributed by atoms with van der Waals surface area (Å²) in [7, 11) is 0. The first-order valence-electron chi connectivity index (χ1n) is 7.10. The number of halogens is 1. The van der Waals surface area contributed by atoms with Gasteiger partial charge in [0.05, 0.1) is 30.7 Å². The number of benzene rings is 1.